The van der Waals surface area contributed by atoms with E-state index >= 15 is 0 Å². The number of nitrogens with zero attached hydrogens (tertiary/aromatic N) is 1. The van der Waals surface area contributed by atoms with Crippen molar-refractivity contribution < 1.29 is 19.4 Å². The third kappa shape index (κ3) is 5.82. The minimum absolute atomic E-state index is 0.0365. The summed E-state index contributed by atoms with van der Waals surface area (Å²) in [7, 11) is 1.54. The maximum absolute atomic E-state index is 12.5. The topological polar surface area (TPSA) is 100 Å². The molecule has 2 rings (SSSR count). The zero-order valence-electron chi connectivity index (χ0n) is 15.8. The van der Waals surface area contributed by atoms with Crippen LogP contribution in [0.3, 0.4) is 0 Å². The molecule has 0 bridgehead atoms. The van der Waals surface area contributed by atoms with Gasteiger partial charge in [-0.3, -0.25) is 9.59 Å². The molecule has 0 radical (unpaired) electrons. The van der Waals surface area contributed by atoms with Gasteiger partial charge in [0.25, 0.3) is 11.8 Å². The summed E-state index contributed by atoms with van der Waals surface area (Å²) in [5.74, 6) is -0.307. The van der Waals surface area contributed by atoms with E-state index in [1.165, 1.54) is 12.3 Å². The summed E-state index contributed by atoms with van der Waals surface area (Å²) in [6.07, 6.45) is 1.33. The average Bonchev–Trinajstić information content (AvgIpc) is 2.68. The second-order valence-electron chi connectivity index (χ2n) is 6.36. The summed E-state index contributed by atoms with van der Waals surface area (Å²) in [4.78, 5) is 24.9. The van der Waals surface area contributed by atoms with E-state index in [4.69, 9.17) is 4.74 Å². The molecule has 8 heteroatoms. The van der Waals surface area contributed by atoms with E-state index in [0.717, 1.165) is 4.47 Å². The van der Waals surface area contributed by atoms with Gasteiger partial charge < -0.3 is 15.2 Å². The number of ether oxygens (including phenoxy) is 1. The van der Waals surface area contributed by atoms with E-state index in [1.807, 2.05) is 13.8 Å². The fourth-order valence-corrected chi connectivity index (χ4v) is 2.74. The Labute approximate surface area is 171 Å². The maximum Gasteiger partial charge on any atom is 0.262 e. The van der Waals surface area contributed by atoms with Crippen molar-refractivity contribution in [3.63, 3.8) is 0 Å². The van der Waals surface area contributed by atoms with Gasteiger partial charge in [-0.1, -0.05) is 29.8 Å². The number of hydrogen-bond donors (Lipinski definition) is 3. The number of aromatic hydroxyl groups is 1. The molecule has 0 spiro atoms. The SMILES string of the molecule is COc1ccc(C(=O)NC(C(=O)NN=Cc2cc(Br)ccc2O)C(C)C)cc1. The third-order valence-corrected chi connectivity index (χ3v) is 4.45. The summed E-state index contributed by atoms with van der Waals surface area (Å²) < 4.78 is 5.84. The number of amides is 2. The first kappa shape index (κ1) is 21.4. The molecular formula is C20H22BrN3O4. The summed E-state index contributed by atoms with van der Waals surface area (Å²) in [5.41, 5.74) is 3.26. The number of methoxy groups -OCH3 is 1. The predicted molar refractivity (Wildman–Crippen MR) is 111 cm³/mol. The van der Waals surface area contributed by atoms with Crippen molar-refractivity contribution in [2.75, 3.05) is 7.11 Å². The number of phenols is 1. The molecule has 2 amide bonds. The number of hydrazone groups is 1. The van der Waals surface area contributed by atoms with Crippen LogP contribution in [-0.2, 0) is 4.79 Å². The number of nitrogens with one attached hydrogen (secondary N) is 2. The largest absolute Gasteiger partial charge is 0.507 e. The zero-order chi connectivity index (χ0) is 20.7. The molecule has 0 saturated carbocycles. The minimum atomic E-state index is -0.775. The molecule has 2 aromatic carbocycles. The van der Waals surface area contributed by atoms with Crippen molar-refractivity contribution in [2.45, 2.75) is 19.9 Å². The lowest BCUT2D eigenvalue weighted by molar-refractivity contribution is -0.123. The number of carbonyl (C=O) groups is 2. The Morgan fingerprint density at radius 2 is 1.86 bits per heavy atom. The fraction of sp³-hybridized carbons (Fsp3) is 0.250. The Morgan fingerprint density at radius 3 is 2.46 bits per heavy atom. The van der Waals surface area contributed by atoms with Crippen molar-refractivity contribution in [3.05, 3.63) is 58.1 Å². The van der Waals surface area contributed by atoms with E-state index in [0.29, 0.717) is 16.9 Å². The molecule has 3 N–H and O–H groups in total. The fourth-order valence-electron chi connectivity index (χ4n) is 2.37. The molecule has 0 aliphatic rings. The van der Waals surface area contributed by atoms with E-state index < -0.39 is 11.9 Å². The quantitative estimate of drug-likeness (QED) is 0.448. The van der Waals surface area contributed by atoms with E-state index in [2.05, 4.69) is 31.8 Å². The Kier molecular flexibility index (Phi) is 7.57. The van der Waals surface area contributed by atoms with Crippen LogP contribution in [0.2, 0.25) is 0 Å². The summed E-state index contributed by atoms with van der Waals surface area (Å²) in [5, 5.41) is 16.4. The molecule has 0 aliphatic heterocycles. The van der Waals surface area contributed by atoms with Gasteiger partial charge in [0.1, 0.15) is 17.5 Å². The standard InChI is InChI=1S/C20H22BrN3O4/c1-12(2)18(23-19(26)13-4-7-16(28-3)8-5-13)20(27)24-22-11-14-10-15(21)6-9-17(14)25/h4-12,18,25H,1-3H3,(H,23,26)(H,24,27). The molecule has 28 heavy (non-hydrogen) atoms. The first-order chi connectivity index (χ1) is 13.3. The van der Waals surface area contributed by atoms with Crippen molar-refractivity contribution in [1.29, 1.82) is 0 Å². The smallest absolute Gasteiger partial charge is 0.262 e. The Hall–Kier alpha value is -2.87. The highest BCUT2D eigenvalue weighted by Gasteiger charge is 2.24. The molecular weight excluding hydrogens is 426 g/mol. The average molecular weight is 448 g/mol. The summed E-state index contributed by atoms with van der Waals surface area (Å²) in [6, 6.07) is 10.7. The molecule has 1 atom stereocenters. The third-order valence-electron chi connectivity index (χ3n) is 3.96. The number of phenolic OH excluding ortho intramolecular Hbond substituents is 1. The van der Waals surface area contributed by atoms with Crippen LogP contribution in [0, 0.1) is 5.92 Å². The number of halogens is 1. The van der Waals surface area contributed by atoms with Crippen LogP contribution in [0.5, 0.6) is 11.5 Å². The second-order valence-corrected chi connectivity index (χ2v) is 7.28. The number of hydrogen-bond acceptors (Lipinski definition) is 5. The molecule has 0 aliphatic carbocycles. The normalized spacial score (nSPS) is 12.0. The molecule has 7 nitrogen and oxygen atoms in total. The molecule has 0 saturated heterocycles. The highest BCUT2D eigenvalue weighted by Crippen LogP contribution is 2.20. The Bertz CT molecular complexity index is 866. The maximum atomic E-state index is 12.5. The van der Waals surface area contributed by atoms with Crippen LogP contribution >= 0.6 is 15.9 Å². The molecule has 0 aromatic heterocycles. The van der Waals surface area contributed by atoms with Gasteiger partial charge in [0.05, 0.1) is 13.3 Å². The van der Waals surface area contributed by atoms with E-state index in [1.54, 1.807) is 43.5 Å². The highest BCUT2D eigenvalue weighted by molar-refractivity contribution is 9.10. The lowest BCUT2D eigenvalue weighted by Gasteiger charge is -2.20. The lowest BCUT2D eigenvalue weighted by atomic mass is 10.0. The van der Waals surface area contributed by atoms with Gasteiger partial charge in [-0.15, -0.1) is 0 Å². The van der Waals surface area contributed by atoms with Gasteiger partial charge in [-0.25, -0.2) is 5.43 Å². The van der Waals surface area contributed by atoms with Gasteiger partial charge in [-0.05, 0) is 48.4 Å². The summed E-state index contributed by atoms with van der Waals surface area (Å²) in [6.45, 7) is 3.64. The zero-order valence-corrected chi connectivity index (χ0v) is 17.4. The van der Waals surface area contributed by atoms with Gasteiger partial charge in [0.15, 0.2) is 0 Å². The van der Waals surface area contributed by atoms with E-state index in [9.17, 15) is 14.7 Å². The predicted octanol–water partition coefficient (Wildman–Crippen LogP) is 3.07. The van der Waals surface area contributed by atoms with Gasteiger partial charge in [-0.2, -0.15) is 5.10 Å². The van der Waals surface area contributed by atoms with Crippen LogP contribution in [0.1, 0.15) is 29.8 Å². The van der Waals surface area contributed by atoms with Crippen LogP contribution < -0.4 is 15.5 Å². The second kappa shape index (κ2) is 9.89. The van der Waals surface area contributed by atoms with Gasteiger partial charge in [0.2, 0.25) is 0 Å². The van der Waals surface area contributed by atoms with Crippen LogP contribution in [0.15, 0.2) is 52.0 Å². The molecule has 2 aromatic rings. The van der Waals surface area contributed by atoms with Crippen LogP contribution in [-0.4, -0.2) is 36.3 Å². The van der Waals surface area contributed by atoms with Crippen molar-refractivity contribution in [3.8, 4) is 11.5 Å². The molecule has 1 unspecified atom stereocenters. The number of benzene rings is 2. The van der Waals surface area contributed by atoms with Crippen molar-refractivity contribution >= 4 is 34.0 Å². The number of carbonyl (C=O) groups excluding carboxylic acids is 2. The van der Waals surface area contributed by atoms with Crippen molar-refractivity contribution in [2.24, 2.45) is 11.0 Å². The minimum Gasteiger partial charge on any atom is -0.507 e. The van der Waals surface area contributed by atoms with Crippen LogP contribution in [0.4, 0.5) is 0 Å². The molecule has 0 fully saturated rings. The molecule has 0 heterocycles. The van der Waals surface area contributed by atoms with E-state index in [-0.39, 0.29) is 17.6 Å². The Balaban J connectivity index is 2.03. The van der Waals surface area contributed by atoms with Gasteiger partial charge >= 0.3 is 0 Å². The first-order valence-corrected chi connectivity index (χ1v) is 9.37. The first-order valence-electron chi connectivity index (χ1n) is 8.58. The molecule has 148 valence electrons. The van der Waals surface area contributed by atoms with Crippen molar-refractivity contribution in [1.82, 2.24) is 10.7 Å². The van der Waals surface area contributed by atoms with Gasteiger partial charge in [0, 0.05) is 15.6 Å². The summed E-state index contributed by atoms with van der Waals surface area (Å²) >= 11 is 3.30. The number of rotatable bonds is 7. The highest BCUT2D eigenvalue weighted by atomic mass is 79.9. The Morgan fingerprint density at radius 1 is 1.18 bits per heavy atom. The lowest BCUT2D eigenvalue weighted by Crippen LogP contribution is -2.48. The van der Waals surface area contributed by atoms with Crippen LogP contribution in [0.25, 0.3) is 0 Å². The monoisotopic (exact) mass is 447 g/mol.